The minimum Gasteiger partial charge on any atom is -0.383 e. The highest BCUT2D eigenvalue weighted by molar-refractivity contribution is 5.78. The number of ether oxygens (including phenoxy) is 1. The van der Waals surface area contributed by atoms with Crippen molar-refractivity contribution in [3.05, 3.63) is 35.1 Å². The van der Waals surface area contributed by atoms with Gasteiger partial charge in [0.1, 0.15) is 5.82 Å². The first-order chi connectivity index (χ1) is 13.6. The van der Waals surface area contributed by atoms with E-state index in [1.165, 1.54) is 0 Å². The lowest BCUT2D eigenvalue weighted by molar-refractivity contribution is -0.127. The molecule has 0 bridgehead atoms. The number of rotatable bonds is 7. The van der Waals surface area contributed by atoms with Gasteiger partial charge in [-0.05, 0) is 58.3 Å². The minimum absolute atomic E-state index is 0.0880. The molecule has 2 aliphatic rings. The Hall–Kier alpha value is -1.50. The Labute approximate surface area is 168 Å². The van der Waals surface area contributed by atoms with E-state index < -0.39 is 0 Å². The van der Waals surface area contributed by atoms with Crippen LogP contribution in [0.25, 0.3) is 0 Å². The van der Waals surface area contributed by atoms with Crippen LogP contribution in [0.3, 0.4) is 0 Å². The Kier molecular flexibility index (Phi) is 7.82. The molecule has 2 fully saturated rings. The van der Waals surface area contributed by atoms with Crippen LogP contribution in [0, 0.1) is 18.7 Å². The van der Waals surface area contributed by atoms with E-state index in [4.69, 9.17) is 4.74 Å². The molecule has 2 aliphatic heterocycles. The molecule has 28 heavy (non-hydrogen) atoms. The molecule has 5 nitrogen and oxygen atoms in total. The molecule has 1 atom stereocenters. The van der Waals surface area contributed by atoms with Crippen molar-refractivity contribution in [2.75, 3.05) is 46.4 Å². The van der Waals surface area contributed by atoms with Gasteiger partial charge in [0.2, 0.25) is 5.91 Å². The molecule has 1 N–H and O–H groups in total. The molecule has 2 saturated heterocycles. The summed E-state index contributed by atoms with van der Waals surface area (Å²) in [6.07, 6.45) is 4.23. The van der Waals surface area contributed by atoms with Gasteiger partial charge in [0.05, 0.1) is 12.5 Å². The molecule has 0 unspecified atom stereocenters. The highest BCUT2D eigenvalue weighted by atomic mass is 19.1. The lowest BCUT2D eigenvalue weighted by atomic mass is 9.93. The molecule has 0 saturated carbocycles. The summed E-state index contributed by atoms with van der Waals surface area (Å²) < 4.78 is 19.1. The van der Waals surface area contributed by atoms with Crippen molar-refractivity contribution < 1.29 is 13.9 Å². The van der Waals surface area contributed by atoms with E-state index >= 15 is 0 Å². The first kappa shape index (κ1) is 21.2. The third-order valence-corrected chi connectivity index (χ3v) is 6.10. The number of hydrogen-bond donors (Lipinski definition) is 1. The van der Waals surface area contributed by atoms with E-state index in [2.05, 4.69) is 15.1 Å². The van der Waals surface area contributed by atoms with E-state index in [9.17, 15) is 9.18 Å². The Morgan fingerprint density at radius 3 is 2.79 bits per heavy atom. The Morgan fingerprint density at radius 1 is 1.25 bits per heavy atom. The van der Waals surface area contributed by atoms with Crippen LogP contribution in [0.4, 0.5) is 4.39 Å². The summed E-state index contributed by atoms with van der Waals surface area (Å²) in [5.74, 6) is 0.144. The topological polar surface area (TPSA) is 44.8 Å². The zero-order chi connectivity index (χ0) is 19.9. The summed E-state index contributed by atoms with van der Waals surface area (Å²) >= 11 is 0. The molecule has 0 radical (unpaired) electrons. The normalized spacial score (nSPS) is 22.3. The number of hydrogen-bond acceptors (Lipinski definition) is 4. The molecule has 6 heteroatoms. The maximum absolute atomic E-state index is 14.0. The van der Waals surface area contributed by atoms with Crippen molar-refractivity contribution in [2.45, 2.75) is 45.2 Å². The van der Waals surface area contributed by atoms with Gasteiger partial charge < -0.3 is 10.1 Å². The van der Waals surface area contributed by atoms with Gasteiger partial charge in [0.15, 0.2) is 0 Å². The molecular weight excluding hydrogens is 357 g/mol. The van der Waals surface area contributed by atoms with Crippen molar-refractivity contribution >= 4 is 5.91 Å². The minimum atomic E-state index is -0.105. The van der Waals surface area contributed by atoms with Crippen LogP contribution < -0.4 is 5.32 Å². The first-order valence-corrected chi connectivity index (χ1v) is 10.5. The van der Waals surface area contributed by atoms with E-state index in [1.54, 1.807) is 13.2 Å². The molecule has 0 spiro atoms. The van der Waals surface area contributed by atoms with Crippen molar-refractivity contribution in [1.82, 2.24) is 15.1 Å². The second-order valence-electron chi connectivity index (χ2n) is 8.22. The van der Waals surface area contributed by atoms with E-state index in [-0.39, 0.29) is 17.6 Å². The van der Waals surface area contributed by atoms with E-state index in [1.807, 2.05) is 19.1 Å². The van der Waals surface area contributed by atoms with Crippen LogP contribution in [0.5, 0.6) is 0 Å². The van der Waals surface area contributed by atoms with Gasteiger partial charge >= 0.3 is 0 Å². The Balaban J connectivity index is 1.46. The molecule has 156 valence electrons. The fraction of sp³-hybridized carbons (Fsp3) is 0.682. The van der Waals surface area contributed by atoms with Crippen molar-refractivity contribution in [1.29, 1.82) is 0 Å². The van der Waals surface area contributed by atoms with Crippen molar-refractivity contribution in [2.24, 2.45) is 5.92 Å². The lowest BCUT2D eigenvalue weighted by Gasteiger charge is -2.42. The van der Waals surface area contributed by atoms with Crippen LogP contribution in [-0.4, -0.2) is 68.2 Å². The van der Waals surface area contributed by atoms with Crippen LogP contribution >= 0.6 is 0 Å². The van der Waals surface area contributed by atoms with E-state index in [0.717, 1.165) is 63.0 Å². The van der Waals surface area contributed by atoms with E-state index in [0.29, 0.717) is 25.7 Å². The number of nitrogens with one attached hydrogen (secondary N) is 1. The number of carbonyl (C=O) groups excluding carboxylic acids is 1. The maximum Gasteiger partial charge on any atom is 0.224 e. The van der Waals surface area contributed by atoms with Crippen molar-refractivity contribution in [3.63, 3.8) is 0 Å². The third-order valence-electron chi connectivity index (χ3n) is 6.10. The number of aryl methyl sites for hydroxylation is 1. The van der Waals surface area contributed by atoms with Gasteiger partial charge in [-0.2, -0.15) is 0 Å². The maximum atomic E-state index is 14.0. The molecule has 2 heterocycles. The largest absolute Gasteiger partial charge is 0.383 e. The number of nitrogens with zero attached hydrogens (tertiary/aromatic N) is 2. The summed E-state index contributed by atoms with van der Waals surface area (Å²) in [5, 5.41) is 2.99. The second kappa shape index (κ2) is 10.3. The summed E-state index contributed by atoms with van der Waals surface area (Å²) in [5.41, 5.74) is 1.90. The molecule has 0 aliphatic carbocycles. The monoisotopic (exact) mass is 391 g/mol. The average Bonchev–Trinajstić information content (AvgIpc) is 2.71. The summed E-state index contributed by atoms with van der Waals surface area (Å²) in [4.78, 5) is 17.2. The van der Waals surface area contributed by atoms with Gasteiger partial charge in [-0.15, -0.1) is 0 Å². The predicted molar refractivity (Wildman–Crippen MR) is 109 cm³/mol. The number of piperidine rings is 2. The van der Waals surface area contributed by atoms with Crippen LogP contribution in [0.15, 0.2) is 18.2 Å². The van der Waals surface area contributed by atoms with Gasteiger partial charge in [0.25, 0.3) is 0 Å². The number of carbonyl (C=O) groups is 1. The molecule has 0 aromatic heterocycles. The molecule has 1 aromatic carbocycles. The summed E-state index contributed by atoms with van der Waals surface area (Å²) in [6, 6.07) is 5.89. The summed E-state index contributed by atoms with van der Waals surface area (Å²) in [7, 11) is 1.65. The molecule has 3 rings (SSSR count). The standard InChI is InChI=1S/C22H34FN3O2/c1-17-5-6-21(23)19(14-17)15-25-11-7-20(8-12-25)26-10-3-4-18(16-26)22(27)24-9-13-28-2/h5-6,14,18,20H,3-4,7-13,15-16H2,1-2H3,(H,24,27)/t18-/m1/s1. The lowest BCUT2D eigenvalue weighted by Crippen LogP contribution is -2.50. The second-order valence-corrected chi connectivity index (χ2v) is 8.22. The number of halogens is 1. The van der Waals surface area contributed by atoms with Gasteiger partial charge in [-0.1, -0.05) is 17.7 Å². The predicted octanol–water partition coefficient (Wildman–Crippen LogP) is 2.57. The van der Waals surface area contributed by atoms with Crippen LogP contribution in [0.2, 0.25) is 0 Å². The Bertz CT molecular complexity index is 647. The zero-order valence-corrected chi connectivity index (χ0v) is 17.3. The highest BCUT2D eigenvalue weighted by Gasteiger charge is 2.31. The van der Waals surface area contributed by atoms with Crippen LogP contribution in [0.1, 0.15) is 36.8 Å². The number of benzene rings is 1. The summed E-state index contributed by atoms with van der Waals surface area (Å²) in [6.45, 7) is 7.74. The number of likely N-dealkylation sites (tertiary alicyclic amines) is 2. The first-order valence-electron chi connectivity index (χ1n) is 10.5. The quantitative estimate of drug-likeness (QED) is 0.726. The van der Waals surface area contributed by atoms with Gasteiger partial charge in [0, 0.05) is 38.3 Å². The zero-order valence-electron chi connectivity index (χ0n) is 17.3. The number of amides is 1. The molecular formula is C22H34FN3O2. The molecule has 1 amide bonds. The van der Waals surface area contributed by atoms with Crippen molar-refractivity contribution in [3.8, 4) is 0 Å². The fourth-order valence-corrected chi connectivity index (χ4v) is 4.48. The smallest absolute Gasteiger partial charge is 0.224 e. The SMILES string of the molecule is COCCNC(=O)[C@@H]1CCCN(C2CCN(Cc3cc(C)ccc3F)CC2)C1. The van der Waals surface area contributed by atoms with Crippen LogP contribution in [-0.2, 0) is 16.1 Å². The highest BCUT2D eigenvalue weighted by Crippen LogP contribution is 2.25. The Morgan fingerprint density at radius 2 is 2.04 bits per heavy atom. The number of methoxy groups -OCH3 is 1. The molecule has 1 aromatic rings. The van der Waals surface area contributed by atoms with Gasteiger partial charge in [-0.3, -0.25) is 14.6 Å². The third kappa shape index (κ3) is 5.75. The average molecular weight is 392 g/mol. The van der Waals surface area contributed by atoms with Gasteiger partial charge in [-0.25, -0.2) is 4.39 Å². The fourth-order valence-electron chi connectivity index (χ4n) is 4.48.